The fourth-order valence-corrected chi connectivity index (χ4v) is 4.10. The zero-order valence-electron chi connectivity index (χ0n) is 15.5. The lowest BCUT2D eigenvalue weighted by Gasteiger charge is -2.27. The van der Waals surface area contributed by atoms with E-state index in [1.165, 1.54) is 30.8 Å². The van der Waals surface area contributed by atoms with Gasteiger partial charge >= 0.3 is 0 Å². The molecule has 1 saturated heterocycles. The molecule has 3 rings (SSSR count). The van der Waals surface area contributed by atoms with Crippen molar-refractivity contribution in [2.24, 2.45) is 4.99 Å². The van der Waals surface area contributed by atoms with Crippen LogP contribution in [0.4, 0.5) is 0 Å². The van der Waals surface area contributed by atoms with Crippen LogP contribution in [-0.4, -0.2) is 37.5 Å². The molecule has 1 aliphatic heterocycles. The predicted octanol–water partition coefficient (Wildman–Crippen LogP) is 3.74. The molecule has 1 unspecified atom stereocenters. The predicted molar refractivity (Wildman–Crippen MR) is 123 cm³/mol. The second kappa shape index (κ2) is 11.3. The zero-order valence-corrected chi connectivity index (χ0v) is 18.7. The molecular formula is C20H26IN5S. The van der Waals surface area contributed by atoms with Crippen LogP contribution in [0.3, 0.4) is 0 Å². The van der Waals surface area contributed by atoms with Gasteiger partial charge < -0.3 is 10.6 Å². The number of likely N-dealkylation sites (tertiary alicyclic amines) is 1. The molecular weight excluding hydrogens is 469 g/mol. The van der Waals surface area contributed by atoms with Crippen molar-refractivity contribution in [2.75, 3.05) is 26.7 Å². The maximum Gasteiger partial charge on any atom is 0.191 e. The van der Waals surface area contributed by atoms with Crippen LogP contribution in [-0.2, 0) is 6.54 Å². The summed E-state index contributed by atoms with van der Waals surface area (Å²) in [4.78, 5) is 8.31. The van der Waals surface area contributed by atoms with Crippen LogP contribution in [0.2, 0.25) is 0 Å². The fraction of sp³-hybridized carbons (Fsp3) is 0.400. The summed E-state index contributed by atoms with van der Waals surface area (Å²) in [5.74, 6) is 0.801. The molecule has 1 aromatic carbocycles. The minimum Gasteiger partial charge on any atom is -0.354 e. The van der Waals surface area contributed by atoms with E-state index >= 15 is 0 Å². The lowest BCUT2D eigenvalue weighted by atomic mass is 10.1. The number of nitrogens with one attached hydrogen (secondary N) is 2. The molecule has 0 spiro atoms. The van der Waals surface area contributed by atoms with Crippen molar-refractivity contribution in [1.29, 1.82) is 5.26 Å². The smallest absolute Gasteiger partial charge is 0.191 e. The van der Waals surface area contributed by atoms with Gasteiger partial charge in [0.15, 0.2) is 5.96 Å². The van der Waals surface area contributed by atoms with Crippen LogP contribution in [0, 0.1) is 11.3 Å². The van der Waals surface area contributed by atoms with Gasteiger partial charge in [0.05, 0.1) is 17.7 Å². The lowest BCUT2D eigenvalue weighted by Crippen LogP contribution is -2.42. The molecule has 7 heteroatoms. The lowest BCUT2D eigenvalue weighted by molar-refractivity contribution is 0.249. The van der Waals surface area contributed by atoms with E-state index in [0.717, 1.165) is 18.1 Å². The molecule has 0 amide bonds. The molecule has 1 fully saturated rings. The largest absolute Gasteiger partial charge is 0.354 e. The number of nitrogens with zero attached hydrogens (tertiary/aromatic N) is 3. The monoisotopic (exact) mass is 495 g/mol. The van der Waals surface area contributed by atoms with E-state index < -0.39 is 0 Å². The van der Waals surface area contributed by atoms with Crippen molar-refractivity contribution in [3.05, 3.63) is 57.8 Å². The van der Waals surface area contributed by atoms with E-state index in [0.29, 0.717) is 18.2 Å². The Morgan fingerprint density at radius 1 is 1.22 bits per heavy atom. The number of halogens is 1. The molecule has 1 aromatic heterocycles. The van der Waals surface area contributed by atoms with Gasteiger partial charge in [-0.1, -0.05) is 18.2 Å². The first-order valence-electron chi connectivity index (χ1n) is 9.01. The van der Waals surface area contributed by atoms with Crippen LogP contribution in [0.5, 0.6) is 0 Å². The number of hydrogen-bond acceptors (Lipinski definition) is 4. The normalized spacial score (nSPS) is 15.6. The highest BCUT2D eigenvalue weighted by Gasteiger charge is 2.24. The van der Waals surface area contributed by atoms with E-state index in [1.807, 2.05) is 35.6 Å². The topological polar surface area (TPSA) is 63.5 Å². The maximum atomic E-state index is 8.88. The van der Waals surface area contributed by atoms with Crippen LogP contribution < -0.4 is 10.6 Å². The molecule has 1 aliphatic rings. The summed E-state index contributed by atoms with van der Waals surface area (Å²) >= 11 is 1.82. The Bertz CT molecular complexity index is 746. The minimum atomic E-state index is 0. The van der Waals surface area contributed by atoms with E-state index in [1.54, 1.807) is 7.05 Å². The zero-order chi connectivity index (χ0) is 18.2. The second-order valence-electron chi connectivity index (χ2n) is 6.39. The summed E-state index contributed by atoms with van der Waals surface area (Å²) in [5.41, 5.74) is 1.81. The van der Waals surface area contributed by atoms with Gasteiger partial charge in [0.1, 0.15) is 0 Å². The molecule has 0 saturated carbocycles. The van der Waals surface area contributed by atoms with Crippen LogP contribution in [0.25, 0.3) is 0 Å². The highest BCUT2D eigenvalue weighted by molar-refractivity contribution is 14.0. The van der Waals surface area contributed by atoms with E-state index in [9.17, 15) is 0 Å². The van der Waals surface area contributed by atoms with Crippen molar-refractivity contribution in [2.45, 2.75) is 25.4 Å². The van der Waals surface area contributed by atoms with Crippen molar-refractivity contribution >= 4 is 41.3 Å². The molecule has 144 valence electrons. The van der Waals surface area contributed by atoms with E-state index in [-0.39, 0.29) is 24.0 Å². The van der Waals surface area contributed by atoms with Crippen molar-refractivity contribution < 1.29 is 0 Å². The third-order valence-electron chi connectivity index (χ3n) is 4.68. The van der Waals surface area contributed by atoms with Crippen molar-refractivity contribution in [3.8, 4) is 6.07 Å². The quantitative estimate of drug-likeness (QED) is 0.364. The van der Waals surface area contributed by atoms with Gasteiger partial charge in [0.2, 0.25) is 0 Å². The molecule has 5 nitrogen and oxygen atoms in total. The second-order valence-corrected chi connectivity index (χ2v) is 7.37. The van der Waals surface area contributed by atoms with E-state index in [2.05, 4.69) is 44.1 Å². The highest BCUT2D eigenvalue weighted by Crippen LogP contribution is 2.27. The maximum absolute atomic E-state index is 8.88. The Kier molecular flexibility index (Phi) is 9.04. The molecule has 0 bridgehead atoms. The summed E-state index contributed by atoms with van der Waals surface area (Å²) in [5, 5.41) is 17.9. The van der Waals surface area contributed by atoms with Gasteiger partial charge in [-0.15, -0.1) is 35.3 Å². The number of nitriles is 1. The van der Waals surface area contributed by atoms with Gasteiger partial charge in [-0.2, -0.15) is 5.26 Å². The SMILES string of the molecule is CN=C(NCc1ccc(C#N)cc1)NCC(c1cccs1)N1CCCC1.I. The number of thiophene rings is 1. The summed E-state index contributed by atoms with van der Waals surface area (Å²) in [6, 6.07) is 14.5. The molecule has 2 aromatic rings. The molecule has 2 heterocycles. The Labute approximate surface area is 182 Å². The Morgan fingerprint density at radius 3 is 2.56 bits per heavy atom. The van der Waals surface area contributed by atoms with Crippen molar-refractivity contribution in [1.82, 2.24) is 15.5 Å². The fourth-order valence-electron chi connectivity index (χ4n) is 3.24. The Morgan fingerprint density at radius 2 is 1.96 bits per heavy atom. The first kappa shape index (κ1) is 21.7. The van der Waals surface area contributed by atoms with E-state index in [4.69, 9.17) is 5.26 Å². The van der Waals surface area contributed by atoms with Gasteiger partial charge in [0, 0.05) is 25.0 Å². The Hall–Kier alpha value is -1.63. The molecule has 1 atom stereocenters. The van der Waals surface area contributed by atoms with Crippen LogP contribution in [0.1, 0.15) is 34.9 Å². The summed E-state index contributed by atoms with van der Waals surface area (Å²) in [7, 11) is 1.80. The number of rotatable bonds is 6. The van der Waals surface area contributed by atoms with Gasteiger partial charge in [-0.25, -0.2) is 0 Å². The summed E-state index contributed by atoms with van der Waals surface area (Å²) in [6.45, 7) is 3.86. The summed E-state index contributed by atoms with van der Waals surface area (Å²) < 4.78 is 0. The number of benzene rings is 1. The van der Waals surface area contributed by atoms with Crippen LogP contribution >= 0.6 is 35.3 Å². The third kappa shape index (κ3) is 6.19. The number of aliphatic imine (C=N–C) groups is 1. The molecule has 0 radical (unpaired) electrons. The van der Waals surface area contributed by atoms with Crippen molar-refractivity contribution in [3.63, 3.8) is 0 Å². The first-order valence-corrected chi connectivity index (χ1v) is 9.89. The summed E-state index contributed by atoms with van der Waals surface area (Å²) in [6.07, 6.45) is 2.57. The number of hydrogen-bond donors (Lipinski definition) is 2. The first-order chi connectivity index (χ1) is 12.8. The third-order valence-corrected chi connectivity index (χ3v) is 5.66. The molecule has 2 N–H and O–H groups in total. The minimum absolute atomic E-state index is 0. The van der Waals surface area contributed by atoms with Gasteiger partial charge in [-0.3, -0.25) is 9.89 Å². The standard InChI is InChI=1S/C20H25N5S.HI/c1-22-20(23-14-17-8-6-16(13-21)7-9-17)24-15-18(19-5-4-12-26-19)25-10-2-3-11-25;/h4-9,12,18H,2-3,10-11,14-15H2,1H3,(H2,22,23,24);1H. The van der Waals surface area contributed by atoms with Crippen LogP contribution in [0.15, 0.2) is 46.8 Å². The Balaban J connectivity index is 0.00000261. The molecule has 27 heavy (non-hydrogen) atoms. The molecule has 0 aliphatic carbocycles. The number of guanidine groups is 1. The highest BCUT2D eigenvalue weighted by atomic mass is 127. The average Bonchev–Trinajstić information content (AvgIpc) is 3.39. The average molecular weight is 495 g/mol. The van der Waals surface area contributed by atoms with Gasteiger partial charge in [-0.05, 0) is 55.1 Å². The van der Waals surface area contributed by atoms with Gasteiger partial charge in [0.25, 0.3) is 0 Å².